The molecule has 2 rings (SSSR count). The zero-order chi connectivity index (χ0) is 15.9. The van der Waals surface area contributed by atoms with Crippen molar-refractivity contribution in [1.29, 1.82) is 0 Å². The molecule has 8 heteroatoms. The molecule has 5 N–H and O–H groups in total. The normalized spacial score (nSPS) is 11.9. The van der Waals surface area contributed by atoms with E-state index in [-0.39, 0.29) is 0 Å². The van der Waals surface area contributed by atoms with E-state index in [2.05, 4.69) is 25.3 Å². The lowest BCUT2D eigenvalue weighted by Gasteiger charge is -2.07. The smallest absolute Gasteiger partial charge is 0.230 e. The van der Waals surface area contributed by atoms with E-state index in [1.54, 1.807) is 19.3 Å². The van der Waals surface area contributed by atoms with E-state index in [4.69, 9.17) is 23.1 Å². The van der Waals surface area contributed by atoms with Crippen molar-refractivity contribution < 1.29 is 0 Å². The van der Waals surface area contributed by atoms with E-state index < -0.39 is 0 Å². The fourth-order valence-electron chi connectivity index (χ4n) is 1.73. The fraction of sp³-hybridized carbons (Fsp3) is 0.143. The number of nitrogens with one attached hydrogen (secondary N) is 1. The molecule has 0 aliphatic heterocycles. The molecule has 114 valence electrons. The zero-order valence-electron chi connectivity index (χ0n) is 12.0. The highest BCUT2D eigenvalue weighted by atomic mass is 35.5. The van der Waals surface area contributed by atoms with Crippen LogP contribution in [0.3, 0.4) is 0 Å². The molecule has 22 heavy (non-hydrogen) atoms. The van der Waals surface area contributed by atoms with Crippen LogP contribution in [0.2, 0.25) is 5.02 Å². The molecule has 1 heterocycles. The second kappa shape index (κ2) is 7.48. The lowest BCUT2D eigenvalue weighted by Crippen LogP contribution is -2.08. The maximum Gasteiger partial charge on any atom is 0.230 e. The van der Waals surface area contributed by atoms with E-state index in [0.717, 1.165) is 11.1 Å². The molecule has 0 saturated heterocycles. The minimum atomic E-state index is 0.362. The highest BCUT2D eigenvalue weighted by molar-refractivity contribution is 6.31. The van der Waals surface area contributed by atoms with Crippen molar-refractivity contribution in [2.75, 3.05) is 12.4 Å². The largest absolute Gasteiger partial charge is 0.403 e. The molecule has 0 unspecified atom stereocenters. The van der Waals surface area contributed by atoms with Gasteiger partial charge >= 0.3 is 0 Å². The maximum atomic E-state index is 6.16. The van der Waals surface area contributed by atoms with Gasteiger partial charge in [0.1, 0.15) is 6.33 Å². The summed E-state index contributed by atoms with van der Waals surface area (Å²) in [4.78, 5) is 16.4. The number of rotatable bonds is 5. The predicted octanol–water partition coefficient (Wildman–Crippen LogP) is 1.56. The Morgan fingerprint density at radius 1 is 1.41 bits per heavy atom. The molecule has 0 aliphatic rings. The number of hydrogen-bond donors (Lipinski definition) is 3. The number of aliphatic imine (C=N–C) groups is 1. The first kappa shape index (κ1) is 15.9. The van der Waals surface area contributed by atoms with Crippen LogP contribution in [-0.4, -0.2) is 28.2 Å². The van der Waals surface area contributed by atoms with E-state index in [0.29, 0.717) is 29.0 Å². The summed E-state index contributed by atoms with van der Waals surface area (Å²) in [6, 6.07) is 5.49. The lowest BCUT2D eigenvalue weighted by molar-refractivity contribution is 1.05. The third-order valence-corrected chi connectivity index (χ3v) is 3.16. The third kappa shape index (κ3) is 3.78. The summed E-state index contributed by atoms with van der Waals surface area (Å²) >= 11 is 6.16. The summed E-state index contributed by atoms with van der Waals surface area (Å²) in [6.45, 7) is 0.379. The lowest BCUT2D eigenvalue weighted by atomic mass is 10.1. The molecule has 2 aromatic rings. The molecule has 0 saturated carbocycles. The SMILES string of the molecule is CN=C/C(=C\N)Nc1ncnc(-c2ccc(CN)c(Cl)c2)n1. The molecule has 0 amide bonds. The topological polar surface area (TPSA) is 115 Å². The molecular formula is C14H16ClN7. The summed E-state index contributed by atoms with van der Waals surface area (Å²) < 4.78 is 0. The average molecular weight is 318 g/mol. The van der Waals surface area contributed by atoms with Crippen molar-refractivity contribution in [1.82, 2.24) is 15.0 Å². The molecule has 0 spiro atoms. The Labute approximate surface area is 133 Å². The van der Waals surface area contributed by atoms with Gasteiger partial charge in [-0.3, -0.25) is 4.99 Å². The Kier molecular flexibility index (Phi) is 5.40. The second-order valence-electron chi connectivity index (χ2n) is 4.28. The van der Waals surface area contributed by atoms with Gasteiger partial charge in [0.05, 0.1) is 5.70 Å². The van der Waals surface area contributed by atoms with Crippen LogP contribution in [0.25, 0.3) is 11.4 Å². The summed E-state index contributed by atoms with van der Waals surface area (Å²) in [5.41, 5.74) is 13.3. The van der Waals surface area contributed by atoms with Gasteiger partial charge < -0.3 is 16.8 Å². The molecule has 1 aromatic carbocycles. The highest BCUT2D eigenvalue weighted by Gasteiger charge is 2.07. The molecule has 7 nitrogen and oxygen atoms in total. The van der Waals surface area contributed by atoms with Gasteiger partial charge in [0, 0.05) is 36.6 Å². The molecule has 1 aromatic heterocycles. The van der Waals surface area contributed by atoms with Crippen LogP contribution in [0, 0.1) is 0 Å². The van der Waals surface area contributed by atoms with Crippen molar-refractivity contribution in [2.24, 2.45) is 16.5 Å². The highest BCUT2D eigenvalue weighted by Crippen LogP contribution is 2.23. The molecule has 0 aliphatic carbocycles. The van der Waals surface area contributed by atoms with Gasteiger partial charge in [-0.2, -0.15) is 4.98 Å². The fourth-order valence-corrected chi connectivity index (χ4v) is 1.99. The van der Waals surface area contributed by atoms with Crippen LogP contribution >= 0.6 is 11.6 Å². The minimum absolute atomic E-state index is 0.362. The molecule has 0 radical (unpaired) electrons. The van der Waals surface area contributed by atoms with Crippen LogP contribution in [0.1, 0.15) is 5.56 Å². The average Bonchev–Trinajstić information content (AvgIpc) is 2.54. The zero-order valence-corrected chi connectivity index (χ0v) is 12.7. The van der Waals surface area contributed by atoms with Gasteiger partial charge in [-0.15, -0.1) is 0 Å². The molecule has 0 atom stereocenters. The molecule has 0 bridgehead atoms. The summed E-state index contributed by atoms with van der Waals surface area (Å²) in [6.07, 6.45) is 4.35. The number of nitrogens with two attached hydrogens (primary N) is 2. The number of nitrogens with zero attached hydrogens (tertiary/aromatic N) is 4. The Hall–Kier alpha value is -2.51. The number of hydrogen-bond acceptors (Lipinski definition) is 7. The summed E-state index contributed by atoms with van der Waals surface area (Å²) in [5, 5.41) is 3.53. The van der Waals surface area contributed by atoms with Crippen LogP contribution in [0.15, 0.2) is 41.4 Å². The Morgan fingerprint density at radius 2 is 2.23 bits per heavy atom. The summed E-state index contributed by atoms with van der Waals surface area (Å²) in [5.74, 6) is 0.855. The second-order valence-corrected chi connectivity index (χ2v) is 4.68. The van der Waals surface area contributed by atoms with Crippen LogP contribution in [0.4, 0.5) is 5.95 Å². The number of halogens is 1. The molecule has 0 fully saturated rings. The van der Waals surface area contributed by atoms with E-state index in [1.807, 2.05) is 12.1 Å². The third-order valence-electron chi connectivity index (χ3n) is 2.81. The first-order valence-corrected chi connectivity index (χ1v) is 6.84. The number of anilines is 1. The number of benzene rings is 1. The van der Waals surface area contributed by atoms with Crippen molar-refractivity contribution >= 4 is 23.8 Å². The number of aromatic nitrogens is 3. The Bertz CT molecular complexity index is 712. The maximum absolute atomic E-state index is 6.16. The summed E-state index contributed by atoms with van der Waals surface area (Å²) in [7, 11) is 1.64. The minimum Gasteiger partial charge on any atom is -0.403 e. The van der Waals surface area contributed by atoms with E-state index in [9.17, 15) is 0 Å². The number of allylic oxidation sites excluding steroid dienone is 1. The van der Waals surface area contributed by atoms with Gasteiger partial charge in [-0.25, -0.2) is 9.97 Å². The van der Waals surface area contributed by atoms with Gasteiger partial charge in [-0.1, -0.05) is 23.7 Å². The first-order valence-electron chi connectivity index (χ1n) is 6.47. The van der Waals surface area contributed by atoms with Gasteiger partial charge in [0.2, 0.25) is 5.95 Å². The van der Waals surface area contributed by atoms with E-state index >= 15 is 0 Å². The quantitative estimate of drug-likeness (QED) is 0.721. The van der Waals surface area contributed by atoms with Crippen LogP contribution < -0.4 is 16.8 Å². The van der Waals surface area contributed by atoms with Gasteiger partial charge in [0.25, 0.3) is 0 Å². The van der Waals surface area contributed by atoms with Crippen molar-refractivity contribution in [3.8, 4) is 11.4 Å². The van der Waals surface area contributed by atoms with Gasteiger partial charge in [0.15, 0.2) is 5.82 Å². The Morgan fingerprint density at radius 3 is 2.86 bits per heavy atom. The molecular weight excluding hydrogens is 302 g/mol. The monoisotopic (exact) mass is 317 g/mol. The van der Waals surface area contributed by atoms with Crippen molar-refractivity contribution in [3.05, 3.63) is 47.0 Å². The van der Waals surface area contributed by atoms with Crippen LogP contribution in [0.5, 0.6) is 0 Å². The Balaban J connectivity index is 2.30. The van der Waals surface area contributed by atoms with Crippen molar-refractivity contribution in [3.63, 3.8) is 0 Å². The predicted molar refractivity (Wildman–Crippen MR) is 88.5 cm³/mol. The van der Waals surface area contributed by atoms with E-state index in [1.165, 1.54) is 12.5 Å². The van der Waals surface area contributed by atoms with Crippen LogP contribution in [-0.2, 0) is 6.54 Å². The standard InChI is InChI=1S/C14H16ClN7/c1-18-7-11(6-17)21-14-20-8-19-13(22-14)9-2-3-10(5-16)12(15)4-9/h2-4,6-8H,5,16-17H2,1H3,(H,19,20,21,22)/b11-6+,18-7?. The van der Waals surface area contributed by atoms with Crippen molar-refractivity contribution in [2.45, 2.75) is 6.54 Å². The van der Waals surface area contributed by atoms with Gasteiger partial charge in [-0.05, 0) is 11.6 Å². The first-order chi connectivity index (χ1) is 10.7.